The van der Waals surface area contributed by atoms with E-state index in [1.54, 1.807) is 0 Å². The van der Waals surface area contributed by atoms with Crippen LogP contribution in [0.15, 0.2) is 0 Å². The van der Waals surface area contributed by atoms with Gasteiger partial charge >= 0.3 is 0 Å². The summed E-state index contributed by atoms with van der Waals surface area (Å²) in [5.41, 5.74) is 0. The number of halogens is 2. The maximum atomic E-state index is 5.71. The Balaban J connectivity index is 0.000000360. The smallest absolute Gasteiger partial charge is 0.0336 e. The highest BCUT2D eigenvalue weighted by Gasteiger charge is 2.09. The molecule has 44 valence electrons. The van der Waals surface area contributed by atoms with Crippen LogP contribution in [0.25, 0.3) is 0 Å². The second kappa shape index (κ2) is 3.57. The van der Waals surface area contributed by atoms with Gasteiger partial charge in [0.25, 0.3) is 0 Å². The van der Waals surface area contributed by atoms with Gasteiger partial charge < -0.3 is 0 Å². The molecule has 0 bridgehead atoms. The Morgan fingerprint density at radius 2 is 1.57 bits per heavy atom. The van der Waals surface area contributed by atoms with Crippen molar-refractivity contribution >= 4 is 24.0 Å². The van der Waals surface area contributed by atoms with Crippen LogP contribution in [0, 0.1) is 0 Å². The zero-order chi connectivity index (χ0) is 4.41. The van der Waals surface area contributed by atoms with Crippen molar-refractivity contribution < 1.29 is 0 Å². The molecule has 0 aromatic heterocycles. The van der Waals surface area contributed by atoms with Crippen molar-refractivity contribution in [1.82, 2.24) is 0 Å². The van der Waals surface area contributed by atoms with Crippen molar-refractivity contribution in [3.63, 3.8) is 0 Å². The Labute approximate surface area is 55.6 Å². The van der Waals surface area contributed by atoms with Crippen LogP contribution in [-0.2, 0) is 0 Å². The molecular weight excluding hydrogens is 131 g/mol. The highest BCUT2D eigenvalue weighted by Crippen LogP contribution is 2.22. The van der Waals surface area contributed by atoms with Crippen molar-refractivity contribution in [2.45, 2.75) is 31.1 Å². The van der Waals surface area contributed by atoms with Crippen LogP contribution in [0.5, 0.6) is 0 Å². The highest BCUT2D eigenvalue weighted by molar-refractivity contribution is 6.20. The van der Waals surface area contributed by atoms with Crippen LogP contribution >= 0.6 is 24.0 Å². The summed E-state index contributed by atoms with van der Waals surface area (Å²) >= 11 is 5.71. The molecular formula is C5H10Cl2. The maximum Gasteiger partial charge on any atom is 0.0336 e. The molecule has 0 spiro atoms. The van der Waals surface area contributed by atoms with Gasteiger partial charge in [0.1, 0.15) is 0 Å². The second-order valence-corrected chi connectivity index (χ2v) is 2.50. The van der Waals surface area contributed by atoms with Gasteiger partial charge in [-0.2, -0.15) is 0 Å². The van der Waals surface area contributed by atoms with Gasteiger partial charge in [0.15, 0.2) is 0 Å². The van der Waals surface area contributed by atoms with E-state index in [4.69, 9.17) is 11.6 Å². The molecule has 1 fully saturated rings. The molecule has 0 unspecified atom stereocenters. The maximum absolute atomic E-state index is 5.71. The fraction of sp³-hybridized carbons (Fsp3) is 1.00. The molecule has 0 heterocycles. The van der Waals surface area contributed by atoms with E-state index < -0.39 is 0 Å². The molecule has 1 aliphatic carbocycles. The normalized spacial score (nSPS) is 21.9. The molecule has 1 rings (SSSR count). The minimum absolute atomic E-state index is 0. The minimum Gasteiger partial charge on any atom is -0.147 e. The summed E-state index contributed by atoms with van der Waals surface area (Å²) in [6.45, 7) is 0. The first-order valence-electron chi connectivity index (χ1n) is 2.53. The van der Waals surface area contributed by atoms with E-state index in [1.165, 1.54) is 25.7 Å². The Morgan fingerprint density at radius 3 is 1.71 bits per heavy atom. The average molecular weight is 141 g/mol. The summed E-state index contributed by atoms with van der Waals surface area (Å²) in [5, 5.41) is 0.519. The zero-order valence-electron chi connectivity index (χ0n) is 4.19. The van der Waals surface area contributed by atoms with Gasteiger partial charge in [-0.05, 0) is 12.8 Å². The third-order valence-electron chi connectivity index (χ3n) is 1.28. The lowest BCUT2D eigenvalue weighted by atomic mass is 10.4. The molecule has 2 heteroatoms. The van der Waals surface area contributed by atoms with Gasteiger partial charge in [-0.3, -0.25) is 0 Å². The topological polar surface area (TPSA) is 0 Å². The van der Waals surface area contributed by atoms with E-state index in [1.807, 2.05) is 0 Å². The van der Waals surface area contributed by atoms with Gasteiger partial charge in [0.2, 0.25) is 0 Å². The summed E-state index contributed by atoms with van der Waals surface area (Å²) in [7, 11) is 0. The Morgan fingerprint density at radius 1 is 1.14 bits per heavy atom. The standard InChI is InChI=1S/C5H9Cl.ClH/c6-5-3-1-2-4-5;/h5H,1-4H2;1H. The fourth-order valence-corrected chi connectivity index (χ4v) is 1.18. The van der Waals surface area contributed by atoms with Crippen LogP contribution in [-0.4, -0.2) is 5.38 Å². The molecule has 0 aliphatic heterocycles. The number of hydrogen-bond acceptors (Lipinski definition) is 0. The van der Waals surface area contributed by atoms with Gasteiger partial charge in [-0.15, -0.1) is 24.0 Å². The number of rotatable bonds is 0. The summed E-state index contributed by atoms with van der Waals surface area (Å²) in [5.74, 6) is 0. The van der Waals surface area contributed by atoms with E-state index in [0.717, 1.165) is 0 Å². The van der Waals surface area contributed by atoms with Crippen molar-refractivity contribution in [2.75, 3.05) is 0 Å². The van der Waals surface area contributed by atoms with Crippen LogP contribution in [0.1, 0.15) is 25.7 Å². The van der Waals surface area contributed by atoms with Gasteiger partial charge in [0.05, 0.1) is 0 Å². The van der Waals surface area contributed by atoms with E-state index >= 15 is 0 Å². The van der Waals surface area contributed by atoms with Gasteiger partial charge in [-0.1, -0.05) is 12.8 Å². The minimum atomic E-state index is 0. The lowest BCUT2D eigenvalue weighted by molar-refractivity contribution is 0.886. The van der Waals surface area contributed by atoms with Crippen LogP contribution in [0.4, 0.5) is 0 Å². The SMILES string of the molecule is Cl.ClC1CCCC1. The van der Waals surface area contributed by atoms with Crippen molar-refractivity contribution in [3.05, 3.63) is 0 Å². The van der Waals surface area contributed by atoms with E-state index in [-0.39, 0.29) is 12.4 Å². The molecule has 1 aliphatic rings. The molecule has 1 saturated carbocycles. The summed E-state index contributed by atoms with van der Waals surface area (Å²) in [6, 6.07) is 0. The summed E-state index contributed by atoms with van der Waals surface area (Å²) < 4.78 is 0. The van der Waals surface area contributed by atoms with E-state index in [2.05, 4.69) is 0 Å². The molecule has 0 radical (unpaired) electrons. The van der Waals surface area contributed by atoms with Crippen molar-refractivity contribution in [2.24, 2.45) is 0 Å². The van der Waals surface area contributed by atoms with Gasteiger partial charge in [-0.25, -0.2) is 0 Å². The third-order valence-corrected chi connectivity index (χ3v) is 1.72. The van der Waals surface area contributed by atoms with Gasteiger partial charge in [0, 0.05) is 5.38 Å². The molecule has 0 aromatic rings. The molecule has 0 amide bonds. The second-order valence-electron chi connectivity index (χ2n) is 1.88. The quantitative estimate of drug-likeness (QED) is 0.455. The average Bonchev–Trinajstić information content (AvgIpc) is 1.86. The summed E-state index contributed by atoms with van der Waals surface area (Å²) in [4.78, 5) is 0. The Hall–Kier alpha value is 0.580. The van der Waals surface area contributed by atoms with Crippen LogP contribution in [0.2, 0.25) is 0 Å². The third kappa shape index (κ3) is 2.40. The first-order chi connectivity index (χ1) is 2.89. The molecule has 0 saturated heterocycles. The van der Waals surface area contributed by atoms with Crippen LogP contribution in [0.3, 0.4) is 0 Å². The molecule has 0 N–H and O–H groups in total. The Bertz CT molecular complexity index is 39.3. The predicted octanol–water partition coefficient (Wildman–Crippen LogP) is 2.59. The predicted molar refractivity (Wildman–Crippen MR) is 35.4 cm³/mol. The Kier molecular flexibility index (Phi) is 3.86. The first kappa shape index (κ1) is 7.58. The zero-order valence-corrected chi connectivity index (χ0v) is 5.76. The summed E-state index contributed by atoms with van der Waals surface area (Å²) in [6.07, 6.45) is 5.21. The largest absolute Gasteiger partial charge is 0.147 e. The molecule has 0 atom stereocenters. The highest BCUT2D eigenvalue weighted by atomic mass is 35.5. The molecule has 7 heavy (non-hydrogen) atoms. The van der Waals surface area contributed by atoms with Crippen LogP contribution < -0.4 is 0 Å². The fourth-order valence-electron chi connectivity index (χ4n) is 0.876. The van der Waals surface area contributed by atoms with Crippen molar-refractivity contribution in [1.29, 1.82) is 0 Å². The molecule has 0 nitrogen and oxygen atoms in total. The number of hydrogen-bond donors (Lipinski definition) is 0. The lowest BCUT2D eigenvalue weighted by Crippen LogP contribution is -1.83. The van der Waals surface area contributed by atoms with E-state index in [0.29, 0.717) is 5.38 Å². The number of alkyl halides is 1. The lowest BCUT2D eigenvalue weighted by Gasteiger charge is -1.88. The first-order valence-corrected chi connectivity index (χ1v) is 2.97. The van der Waals surface area contributed by atoms with Crippen molar-refractivity contribution in [3.8, 4) is 0 Å². The monoisotopic (exact) mass is 140 g/mol. The molecule has 0 aromatic carbocycles. The van der Waals surface area contributed by atoms with E-state index in [9.17, 15) is 0 Å².